The number of aliphatic hydroxyl groups excluding tert-OH is 1. The van der Waals surface area contributed by atoms with E-state index in [4.69, 9.17) is 14.2 Å². The summed E-state index contributed by atoms with van der Waals surface area (Å²) in [4.78, 5) is 0. The highest BCUT2D eigenvalue weighted by atomic mass is 16.5. The average molecular weight is 331 g/mol. The standard InChI is InChI=1S/C19H25NO4/c1-22-18-9-8-16(19(10-18)23-2)11-20-17(12-21)14-24-13-15-6-4-3-5-7-15/h3-10,17,20-21H,11-14H2,1-2H3/t17-/m1/s1. The minimum Gasteiger partial charge on any atom is -0.497 e. The van der Waals surface area contributed by atoms with Gasteiger partial charge >= 0.3 is 0 Å². The molecule has 0 spiro atoms. The monoisotopic (exact) mass is 331 g/mol. The Morgan fingerprint density at radius 1 is 1.04 bits per heavy atom. The predicted octanol–water partition coefficient (Wildman–Crippen LogP) is 2.37. The maximum atomic E-state index is 9.52. The van der Waals surface area contributed by atoms with E-state index in [0.29, 0.717) is 19.8 Å². The summed E-state index contributed by atoms with van der Waals surface area (Å²) in [5.74, 6) is 1.50. The molecule has 0 saturated carbocycles. The largest absolute Gasteiger partial charge is 0.497 e. The van der Waals surface area contributed by atoms with Gasteiger partial charge in [-0.15, -0.1) is 0 Å². The minimum absolute atomic E-state index is 0.00720. The van der Waals surface area contributed by atoms with Crippen molar-refractivity contribution in [2.75, 3.05) is 27.4 Å². The van der Waals surface area contributed by atoms with Crippen LogP contribution in [0.1, 0.15) is 11.1 Å². The molecule has 130 valence electrons. The molecule has 24 heavy (non-hydrogen) atoms. The molecule has 0 saturated heterocycles. The fourth-order valence-electron chi connectivity index (χ4n) is 2.32. The molecule has 5 nitrogen and oxygen atoms in total. The van der Waals surface area contributed by atoms with Crippen LogP contribution in [0.3, 0.4) is 0 Å². The van der Waals surface area contributed by atoms with Crippen LogP contribution in [0.15, 0.2) is 48.5 Å². The Hall–Kier alpha value is -2.08. The number of hydrogen-bond donors (Lipinski definition) is 2. The molecule has 2 rings (SSSR count). The molecule has 0 unspecified atom stereocenters. The molecule has 0 aliphatic rings. The molecule has 2 aromatic carbocycles. The molecule has 0 aliphatic carbocycles. The van der Waals surface area contributed by atoms with E-state index in [9.17, 15) is 5.11 Å². The highest BCUT2D eigenvalue weighted by Crippen LogP contribution is 2.24. The lowest BCUT2D eigenvalue weighted by Gasteiger charge is -2.18. The first kappa shape index (κ1) is 18.3. The number of nitrogens with one attached hydrogen (secondary N) is 1. The summed E-state index contributed by atoms with van der Waals surface area (Å²) < 4.78 is 16.3. The molecular formula is C19H25NO4. The lowest BCUT2D eigenvalue weighted by Crippen LogP contribution is -2.36. The van der Waals surface area contributed by atoms with Crippen LogP contribution in [0.2, 0.25) is 0 Å². The Kier molecular flexibility index (Phi) is 7.55. The molecule has 1 atom stereocenters. The molecule has 0 aliphatic heterocycles. The van der Waals surface area contributed by atoms with Crippen molar-refractivity contribution < 1.29 is 19.3 Å². The van der Waals surface area contributed by atoms with Gasteiger partial charge < -0.3 is 24.6 Å². The molecular weight excluding hydrogens is 306 g/mol. The predicted molar refractivity (Wildman–Crippen MR) is 93.4 cm³/mol. The van der Waals surface area contributed by atoms with Gasteiger partial charge in [-0.3, -0.25) is 0 Å². The van der Waals surface area contributed by atoms with Gasteiger partial charge in [-0.25, -0.2) is 0 Å². The Morgan fingerprint density at radius 3 is 2.50 bits per heavy atom. The quantitative estimate of drug-likeness (QED) is 0.700. The Morgan fingerprint density at radius 2 is 1.83 bits per heavy atom. The smallest absolute Gasteiger partial charge is 0.127 e. The summed E-state index contributed by atoms with van der Waals surface area (Å²) in [5, 5.41) is 12.8. The summed E-state index contributed by atoms with van der Waals surface area (Å²) in [7, 11) is 3.25. The Bertz CT molecular complexity index is 604. The van der Waals surface area contributed by atoms with Crippen molar-refractivity contribution in [3.05, 3.63) is 59.7 Å². The van der Waals surface area contributed by atoms with Crippen LogP contribution in [0.25, 0.3) is 0 Å². The van der Waals surface area contributed by atoms with Crippen molar-refractivity contribution >= 4 is 0 Å². The Balaban J connectivity index is 1.82. The van der Waals surface area contributed by atoms with E-state index >= 15 is 0 Å². The number of methoxy groups -OCH3 is 2. The number of benzene rings is 2. The third-order valence-corrected chi connectivity index (χ3v) is 3.73. The zero-order chi connectivity index (χ0) is 17.2. The molecule has 0 bridgehead atoms. The number of rotatable bonds is 10. The van der Waals surface area contributed by atoms with Crippen LogP contribution < -0.4 is 14.8 Å². The van der Waals surface area contributed by atoms with E-state index in [2.05, 4.69) is 5.32 Å². The van der Waals surface area contributed by atoms with Crippen LogP contribution in [-0.2, 0) is 17.9 Å². The second kappa shape index (κ2) is 9.93. The zero-order valence-electron chi connectivity index (χ0n) is 14.2. The van der Waals surface area contributed by atoms with Crippen LogP contribution in [0.5, 0.6) is 11.5 Å². The highest BCUT2D eigenvalue weighted by Gasteiger charge is 2.10. The van der Waals surface area contributed by atoms with Gasteiger partial charge in [0.25, 0.3) is 0 Å². The van der Waals surface area contributed by atoms with E-state index in [1.807, 2.05) is 48.5 Å². The van der Waals surface area contributed by atoms with Gasteiger partial charge in [0, 0.05) is 18.2 Å². The molecule has 5 heteroatoms. The van der Waals surface area contributed by atoms with Crippen molar-refractivity contribution in [1.82, 2.24) is 5.32 Å². The SMILES string of the molecule is COc1ccc(CN[C@H](CO)COCc2ccccc2)c(OC)c1. The van der Waals surface area contributed by atoms with Crippen molar-refractivity contribution in [2.45, 2.75) is 19.2 Å². The molecule has 0 aromatic heterocycles. The first-order valence-electron chi connectivity index (χ1n) is 7.93. The van der Waals surface area contributed by atoms with E-state index in [-0.39, 0.29) is 12.6 Å². The molecule has 0 amide bonds. The lowest BCUT2D eigenvalue weighted by molar-refractivity contribution is 0.0776. The van der Waals surface area contributed by atoms with Crippen LogP contribution in [-0.4, -0.2) is 38.6 Å². The van der Waals surface area contributed by atoms with Crippen molar-refractivity contribution in [3.8, 4) is 11.5 Å². The van der Waals surface area contributed by atoms with E-state index in [1.54, 1.807) is 14.2 Å². The topological polar surface area (TPSA) is 60.0 Å². The molecule has 0 radical (unpaired) electrons. The lowest BCUT2D eigenvalue weighted by atomic mass is 10.1. The first-order chi connectivity index (χ1) is 11.8. The van der Waals surface area contributed by atoms with Gasteiger partial charge in [0.1, 0.15) is 11.5 Å². The van der Waals surface area contributed by atoms with Crippen LogP contribution >= 0.6 is 0 Å². The number of hydrogen-bond acceptors (Lipinski definition) is 5. The summed E-state index contributed by atoms with van der Waals surface area (Å²) in [6, 6.07) is 15.5. The number of aliphatic hydroxyl groups is 1. The normalized spacial score (nSPS) is 12.0. The maximum absolute atomic E-state index is 9.52. The van der Waals surface area contributed by atoms with Crippen molar-refractivity contribution in [3.63, 3.8) is 0 Å². The number of ether oxygens (including phenoxy) is 3. The molecule has 2 N–H and O–H groups in total. The van der Waals surface area contributed by atoms with Crippen LogP contribution in [0, 0.1) is 0 Å². The second-order valence-electron chi connectivity index (χ2n) is 5.44. The van der Waals surface area contributed by atoms with E-state index < -0.39 is 0 Å². The summed E-state index contributed by atoms with van der Waals surface area (Å²) in [6.07, 6.45) is 0. The van der Waals surface area contributed by atoms with Crippen LogP contribution in [0.4, 0.5) is 0 Å². The van der Waals surface area contributed by atoms with Gasteiger partial charge in [-0.05, 0) is 11.6 Å². The minimum atomic E-state index is -0.138. The fourth-order valence-corrected chi connectivity index (χ4v) is 2.32. The maximum Gasteiger partial charge on any atom is 0.127 e. The van der Waals surface area contributed by atoms with Gasteiger partial charge in [0.2, 0.25) is 0 Å². The molecule has 0 fully saturated rings. The third kappa shape index (κ3) is 5.53. The van der Waals surface area contributed by atoms with Gasteiger partial charge in [-0.2, -0.15) is 0 Å². The zero-order valence-corrected chi connectivity index (χ0v) is 14.2. The van der Waals surface area contributed by atoms with Crippen molar-refractivity contribution in [1.29, 1.82) is 0 Å². The third-order valence-electron chi connectivity index (χ3n) is 3.73. The average Bonchev–Trinajstić information content (AvgIpc) is 2.65. The van der Waals surface area contributed by atoms with E-state index in [1.165, 1.54) is 0 Å². The highest BCUT2D eigenvalue weighted by molar-refractivity contribution is 5.40. The Labute approximate surface area is 143 Å². The van der Waals surface area contributed by atoms with Gasteiger partial charge in [-0.1, -0.05) is 36.4 Å². The molecule has 0 heterocycles. The molecule has 2 aromatic rings. The van der Waals surface area contributed by atoms with E-state index in [0.717, 1.165) is 22.6 Å². The summed E-state index contributed by atoms with van der Waals surface area (Å²) in [6.45, 7) is 1.55. The first-order valence-corrected chi connectivity index (χ1v) is 7.93. The summed E-state index contributed by atoms with van der Waals surface area (Å²) in [5.41, 5.74) is 2.12. The van der Waals surface area contributed by atoms with Gasteiger partial charge in [0.15, 0.2) is 0 Å². The van der Waals surface area contributed by atoms with Crippen molar-refractivity contribution in [2.24, 2.45) is 0 Å². The summed E-state index contributed by atoms with van der Waals surface area (Å²) >= 11 is 0. The fraction of sp³-hybridized carbons (Fsp3) is 0.368. The second-order valence-corrected chi connectivity index (χ2v) is 5.44. The van der Waals surface area contributed by atoms with Gasteiger partial charge in [0.05, 0.1) is 40.1 Å².